The van der Waals surface area contributed by atoms with Crippen LogP contribution >= 0.6 is 11.3 Å². The molecule has 1 aliphatic heterocycles. The first-order valence-electron chi connectivity index (χ1n) is 7.57. The summed E-state index contributed by atoms with van der Waals surface area (Å²) in [4.78, 5) is 26.2. The maximum Gasteiger partial charge on any atom is 0.410 e. The number of aryl methyl sites for hydroxylation is 1. The van der Waals surface area contributed by atoms with Crippen LogP contribution < -0.4 is 4.74 Å². The molecule has 1 aromatic heterocycles. The molecule has 0 spiro atoms. The van der Waals surface area contributed by atoms with Gasteiger partial charge in [0, 0.05) is 17.3 Å². The smallest absolute Gasteiger partial charge is 0.410 e. The summed E-state index contributed by atoms with van der Waals surface area (Å²) in [6, 6.07) is 1.72. The highest BCUT2D eigenvalue weighted by Gasteiger charge is 2.36. The van der Waals surface area contributed by atoms with Gasteiger partial charge in [0.05, 0.1) is 6.54 Å². The summed E-state index contributed by atoms with van der Waals surface area (Å²) in [5, 5.41) is 9.22. The van der Waals surface area contributed by atoms with E-state index in [9.17, 15) is 14.7 Å². The number of hydrogen-bond acceptors (Lipinski definition) is 5. The maximum absolute atomic E-state index is 12.2. The average Bonchev–Trinajstić information content (AvgIpc) is 2.91. The van der Waals surface area contributed by atoms with Gasteiger partial charge in [-0.1, -0.05) is 0 Å². The Balaban J connectivity index is 2.04. The number of hydrogen-bond donors (Lipinski definition) is 1. The van der Waals surface area contributed by atoms with E-state index in [1.807, 2.05) is 34.6 Å². The van der Waals surface area contributed by atoms with Gasteiger partial charge in [-0.2, -0.15) is 0 Å². The number of thiophene rings is 1. The molecule has 1 fully saturated rings. The molecule has 2 rings (SSSR count). The molecular formula is C16H23NO5S. The van der Waals surface area contributed by atoms with Crippen LogP contribution in [0.5, 0.6) is 5.75 Å². The molecule has 0 bridgehead atoms. The predicted octanol–water partition coefficient (Wildman–Crippen LogP) is 3.53. The summed E-state index contributed by atoms with van der Waals surface area (Å²) in [6.45, 7) is 9.65. The number of ether oxygens (including phenoxy) is 2. The second-order valence-electron chi connectivity index (χ2n) is 6.81. The van der Waals surface area contributed by atoms with E-state index < -0.39 is 11.6 Å². The van der Waals surface area contributed by atoms with Crippen molar-refractivity contribution in [2.45, 2.75) is 58.8 Å². The summed E-state index contributed by atoms with van der Waals surface area (Å²) in [7, 11) is 0. The van der Waals surface area contributed by atoms with Gasteiger partial charge >= 0.3 is 12.1 Å². The van der Waals surface area contributed by atoms with Gasteiger partial charge in [0.15, 0.2) is 4.88 Å². The second kappa shape index (κ2) is 6.39. The van der Waals surface area contributed by atoms with Crippen LogP contribution in [0.4, 0.5) is 4.79 Å². The third kappa shape index (κ3) is 4.37. The lowest BCUT2D eigenvalue weighted by Gasteiger charge is -2.26. The number of carboxylic acids is 1. The molecule has 0 radical (unpaired) electrons. The Morgan fingerprint density at radius 2 is 2.04 bits per heavy atom. The van der Waals surface area contributed by atoms with Crippen molar-refractivity contribution in [1.29, 1.82) is 0 Å². The van der Waals surface area contributed by atoms with Crippen molar-refractivity contribution in [3.63, 3.8) is 0 Å². The van der Waals surface area contributed by atoms with Gasteiger partial charge in [0.25, 0.3) is 0 Å². The molecule has 2 heterocycles. The van der Waals surface area contributed by atoms with Crippen LogP contribution in [0.25, 0.3) is 0 Å². The standard InChI is InChI=1S/C16H23NO5S/c1-9-6-11(8-17(9)15(20)22-16(3,4)5)21-12-7-10(2)23-13(12)14(18)19/h7,9,11H,6,8H2,1-5H3,(H,18,19)/t9-,11+/m0/s1. The number of carbonyl (C=O) groups excluding carboxylic acids is 1. The highest BCUT2D eigenvalue weighted by Crippen LogP contribution is 2.32. The lowest BCUT2D eigenvalue weighted by atomic mass is 10.2. The van der Waals surface area contributed by atoms with Gasteiger partial charge in [-0.05, 0) is 40.7 Å². The van der Waals surface area contributed by atoms with E-state index in [1.165, 1.54) is 11.3 Å². The minimum Gasteiger partial charge on any atom is -0.487 e. The first-order chi connectivity index (χ1) is 10.6. The molecule has 1 aliphatic rings. The Morgan fingerprint density at radius 1 is 1.39 bits per heavy atom. The SMILES string of the molecule is Cc1cc(O[C@@H]2C[C@H](C)N(C(=O)OC(C)(C)C)C2)c(C(=O)O)s1. The van der Waals surface area contributed by atoms with Gasteiger partial charge in [-0.25, -0.2) is 9.59 Å². The van der Waals surface area contributed by atoms with Crippen molar-refractivity contribution in [1.82, 2.24) is 4.90 Å². The number of carbonyl (C=O) groups is 2. The van der Waals surface area contributed by atoms with Crippen LogP contribution in [0.3, 0.4) is 0 Å². The minimum atomic E-state index is -0.992. The lowest BCUT2D eigenvalue weighted by Crippen LogP contribution is -2.39. The van der Waals surface area contributed by atoms with Crippen LogP contribution in [-0.2, 0) is 4.74 Å². The topological polar surface area (TPSA) is 76.1 Å². The Kier molecular flexibility index (Phi) is 4.89. The molecular weight excluding hydrogens is 318 g/mol. The normalized spacial score (nSPS) is 21.3. The number of amides is 1. The van der Waals surface area contributed by atoms with E-state index in [-0.39, 0.29) is 23.1 Å². The van der Waals surface area contributed by atoms with Crippen LogP contribution in [0.2, 0.25) is 0 Å². The summed E-state index contributed by atoms with van der Waals surface area (Å²) < 4.78 is 11.2. The zero-order valence-electron chi connectivity index (χ0n) is 14.1. The third-order valence-electron chi connectivity index (χ3n) is 3.47. The van der Waals surface area contributed by atoms with Crippen LogP contribution in [0.15, 0.2) is 6.07 Å². The van der Waals surface area contributed by atoms with Gasteiger partial charge in [-0.3, -0.25) is 0 Å². The van der Waals surface area contributed by atoms with E-state index in [1.54, 1.807) is 11.0 Å². The molecule has 6 nitrogen and oxygen atoms in total. The highest BCUT2D eigenvalue weighted by molar-refractivity contribution is 7.14. The highest BCUT2D eigenvalue weighted by atomic mass is 32.1. The first kappa shape index (κ1) is 17.6. The van der Waals surface area contributed by atoms with Gasteiger partial charge in [0.1, 0.15) is 17.5 Å². The van der Waals surface area contributed by atoms with Gasteiger partial charge in [-0.15, -0.1) is 11.3 Å². The lowest BCUT2D eigenvalue weighted by molar-refractivity contribution is 0.0223. The molecule has 128 valence electrons. The van der Waals surface area contributed by atoms with Crippen LogP contribution in [0, 0.1) is 6.92 Å². The fourth-order valence-corrected chi connectivity index (χ4v) is 3.33. The predicted molar refractivity (Wildman–Crippen MR) is 87.5 cm³/mol. The zero-order chi connectivity index (χ0) is 17.4. The Labute approximate surface area is 140 Å². The average molecular weight is 341 g/mol. The molecule has 7 heteroatoms. The number of likely N-dealkylation sites (tertiary alicyclic amines) is 1. The van der Waals surface area contributed by atoms with Crippen LogP contribution in [0.1, 0.15) is 48.7 Å². The largest absolute Gasteiger partial charge is 0.487 e. The zero-order valence-corrected chi connectivity index (χ0v) is 14.9. The number of aromatic carboxylic acids is 1. The van der Waals surface area contributed by atoms with Crippen molar-refractivity contribution < 1.29 is 24.2 Å². The molecule has 1 saturated heterocycles. The molecule has 1 N–H and O–H groups in total. The number of nitrogens with zero attached hydrogens (tertiary/aromatic N) is 1. The number of rotatable bonds is 3. The third-order valence-corrected chi connectivity index (χ3v) is 4.49. The van der Waals surface area contributed by atoms with E-state index in [0.717, 1.165) is 4.88 Å². The fraction of sp³-hybridized carbons (Fsp3) is 0.625. The first-order valence-corrected chi connectivity index (χ1v) is 8.38. The Bertz CT molecular complexity index is 604. The van der Waals surface area contributed by atoms with Gasteiger partial charge in [0.2, 0.25) is 0 Å². The molecule has 0 aliphatic carbocycles. The van der Waals surface area contributed by atoms with Gasteiger partial charge < -0.3 is 19.5 Å². The molecule has 0 saturated carbocycles. The summed E-state index contributed by atoms with van der Waals surface area (Å²) in [6.07, 6.45) is 0.0494. The molecule has 1 amide bonds. The van der Waals surface area contributed by atoms with E-state index >= 15 is 0 Å². The monoisotopic (exact) mass is 341 g/mol. The molecule has 23 heavy (non-hydrogen) atoms. The fourth-order valence-electron chi connectivity index (χ4n) is 2.55. The Morgan fingerprint density at radius 3 is 2.61 bits per heavy atom. The summed E-state index contributed by atoms with van der Waals surface area (Å²) in [5.41, 5.74) is -0.545. The molecule has 0 aromatic carbocycles. The van der Waals surface area contributed by atoms with Crippen molar-refractivity contribution in [3.8, 4) is 5.75 Å². The Hall–Kier alpha value is -1.76. The van der Waals surface area contributed by atoms with E-state index in [4.69, 9.17) is 9.47 Å². The molecule has 2 atom stereocenters. The van der Waals surface area contributed by atoms with Crippen molar-refractivity contribution in [2.24, 2.45) is 0 Å². The molecule has 1 aromatic rings. The van der Waals surface area contributed by atoms with E-state index in [2.05, 4.69) is 0 Å². The van der Waals surface area contributed by atoms with Crippen LogP contribution in [-0.4, -0.2) is 46.4 Å². The summed E-state index contributed by atoms with van der Waals surface area (Å²) >= 11 is 1.19. The van der Waals surface area contributed by atoms with E-state index in [0.29, 0.717) is 18.7 Å². The van der Waals surface area contributed by atoms with Crippen molar-refractivity contribution in [2.75, 3.05) is 6.54 Å². The minimum absolute atomic E-state index is 0.0112. The van der Waals surface area contributed by atoms with Crippen molar-refractivity contribution in [3.05, 3.63) is 15.8 Å². The quantitative estimate of drug-likeness (QED) is 0.910. The summed E-state index contributed by atoms with van der Waals surface area (Å²) in [5.74, 6) is -0.614. The maximum atomic E-state index is 12.2. The molecule has 0 unspecified atom stereocenters. The second-order valence-corrected chi connectivity index (χ2v) is 8.07. The van der Waals surface area contributed by atoms with Crippen molar-refractivity contribution >= 4 is 23.4 Å². The number of carboxylic acid groups (broad SMARTS) is 1.